The predicted molar refractivity (Wildman–Crippen MR) is 85.2 cm³/mol. The van der Waals surface area contributed by atoms with E-state index in [2.05, 4.69) is 15.3 Å². The number of aryl methyl sites for hydroxylation is 2. The SMILES string of the molecule is Cc1cccnc1NC(=O)CC1CSc2ncc(C)c(=O)n21. The Balaban J connectivity index is 1.76. The standard InChI is InChI=1S/C15H16N4O2S/c1-9-4-3-5-16-13(9)18-12(20)6-11-8-22-15-17-7-10(2)14(21)19(11)15/h3-5,7,11H,6,8H2,1-2H3,(H,16,18,20). The van der Waals surface area contributed by atoms with Gasteiger partial charge in [0.1, 0.15) is 5.82 Å². The average molecular weight is 316 g/mol. The molecule has 114 valence electrons. The number of rotatable bonds is 3. The van der Waals surface area contributed by atoms with E-state index in [1.54, 1.807) is 23.9 Å². The highest BCUT2D eigenvalue weighted by molar-refractivity contribution is 7.99. The molecule has 0 fully saturated rings. The lowest BCUT2D eigenvalue weighted by Gasteiger charge is -2.14. The Kier molecular flexibility index (Phi) is 3.98. The summed E-state index contributed by atoms with van der Waals surface area (Å²) in [7, 11) is 0. The van der Waals surface area contributed by atoms with Crippen molar-refractivity contribution >= 4 is 23.5 Å². The fourth-order valence-corrected chi connectivity index (χ4v) is 3.49. The molecule has 0 radical (unpaired) electrons. The van der Waals surface area contributed by atoms with E-state index in [-0.39, 0.29) is 23.9 Å². The van der Waals surface area contributed by atoms with E-state index >= 15 is 0 Å². The van der Waals surface area contributed by atoms with Crippen molar-refractivity contribution in [3.63, 3.8) is 0 Å². The smallest absolute Gasteiger partial charge is 0.257 e. The van der Waals surface area contributed by atoms with Gasteiger partial charge in [-0.15, -0.1) is 0 Å². The first kappa shape index (κ1) is 14.8. The van der Waals surface area contributed by atoms with E-state index < -0.39 is 0 Å². The molecule has 1 aliphatic rings. The predicted octanol–water partition coefficient (Wildman–Crippen LogP) is 1.93. The summed E-state index contributed by atoms with van der Waals surface area (Å²) in [6.45, 7) is 3.63. The number of carbonyl (C=O) groups excluding carboxylic acids is 1. The lowest BCUT2D eigenvalue weighted by Crippen LogP contribution is -2.29. The van der Waals surface area contributed by atoms with Gasteiger partial charge >= 0.3 is 0 Å². The van der Waals surface area contributed by atoms with E-state index in [4.69, 9.17) is 0 Å². The normalized spacial score (nSPS) is 16.4. The topological polar surface area (TPSA) is 76.9 Å². The molecule has 0 spiro atoms. The summed E-state index contributed by atoms with van der Waals surface area (Å²) in [5.41, 5.74) is 1.44. The van der Waals surface area contributed by atoms with Gasteiger partial charge in [0.25, 0.3) is 5.56 Å². The molecule has 0 aromatic carbocycles. The summed E-state index contributed by atoms with van der Waals surface area (Å²) >= 11 is 1.51. The fourth-order valence-electron chi connectivity index (χ4n) is 2.38. The quantitative estimate of drug-likeness (QED) is 0.876. The molecule has 2 aromatic rings. The zero-order valence-electron chi connectivity index (χ0n) is 12.4. The number of thioether (sulfide) groups is 1. The fraction of sp³-hybridized carbons (Fsp3) is 0.333. The van der Waals surface area contributed by atoms with Crippen LogP contribution in [0.15, 0.2) is 34.5 Å². The van der Waals surface area contributed by atoms with Crippen molar-refractivity contribution in [3.05, 3.63) is 46.0 Å². The maximum Gasteiger partial charge on any atom is 0.257 e. The van der Waals surface area contributed by atoms with Crippen LogP contribution in [0.5, 0.6) is 0 Å². The molecule has 1 N–H and O–H groups in total. The van der Waals surface area contributed by atoms with Gasteiger partial charge in [0.2, 0.25) is 5.91 Å². The lowest BCUT2D eigenvalue weighted by molar-refractivity contribution is -0.116. The maximum atomic E-state index is 12.2. The largest absolute Gasteiger partial charge is 0.310 e. The lowest BCUT2D eigenvalue weighted by atomic mass is 10.2. The Bertz CT molecular complexity index is 787. The van der Waals surface area contributed by atoms with Crippen LogP contribution in [0.2, 0.25) is 0 Å². The molecule has 3 heterocycles. The number of nitrogens with zero attached hydrogens (tertiary/aromatic N) is 3. The molecule has 1 atom stereocenters. The highest BCUT2D eigenvalue weighted by Crippen LogP contribution is 2.32. The number of fused-ring (bicyclic) bond motifs is 1. The van der Waals surface area contributed by atoms with Gasteiger partial charge in [-0.2, -0.15) is 0 Å². The minimum absolute atomic E-state index is 0.0678. The van der Waals surface area contributed by atoms with Crippen LogP contribution < -0.4 is 10.9 Å². The Hall–Kier alpha value is -2.15. The second-order valence-electron chi connectivity index (χ2n) is 5.28. The molecule has 0 saturated carbocycles. The van der Waals surface area contributed by atoms with E-state index in [9.17, 15) is 9.59 Å². The van der Waals surface area contributed by atoms with Crippen molar-refractivity contribution in [2.24, 2.45) is 0 Å². The van der Waals surface area contributed by atoms with Crippen LogP contribution in [0.3, 0.4) is 0 Å². The monoisotopic (exact) mass is 316 g/mol. The van der Waals surface area contributed by atoms with E-state index in [1.165, 1.54) is 11.8 Å². The van der Waals surface area contributed by atoms with Crippen LogP contribution in [0.25, 0.3) is 0 Å². The van der Waals surface area contributed by atoms with Crippen molar-refractivity contribution in [2.45, 2.75) is 31.5 Å². The summed E-state index contributed by atoms with van der Waals surface area (Å²) in [6.07, 6.45) is 3.46. The summed E-state index contributed by atoms with van der Waals surface area (Å²) < 4.78 is 1.63. The Labute approximate surface area is 132 Å². The number of amides is 1. The summed E-state index contributed by atoms with van der Waals surface area (Å²) in [5.74, 6) is 1.10. The number of pyridine rings is 1. The highest BCUT2D eigenvalue weighted by Gasteiger charge is 2.27. The molecular formula is C15H16N4O2S. The van der Waals surface area contributed by atoms with Gasteiger partial charge in [0.05, 0.1) is 6.04 Å². The zero-order valence-corrected chi connectivity index (χ0v) is 13.2. The number of hydrogen-bond donors (Lipinski definition) is 1. The van der Waals surface area contributed by atoms with Crippen LogP contribution in [-0.4, -0.2) is 26.2 Å². The number of carbonyl (C=O) groups is 1. The van der Waals surface area contributed by atoms with Gasteiger partial charge < -0.3 is 5.32 Å². The Morgan fingerprint density at radius 1 is 1.41 bits per heavy atom. The minimum Gasteiger partial charge on any atom is -0.310 e. The van der Waals surface area contributed by atoms with Gasteiger partial charge in [0.15, 0.2) is 5.16 Å². The number of aromatic nitrogens is 3. The summed E-state index contributed by atoms with van der Waals surface area (Å²) in [5, 5.41) is 3.49. The molecule has 0 aliphatic carbocycles. The summed E-state index contributed by atoms with van der Waals surface area (Å²) in [4.78, 5) is 32.9. The number of anilines is 1. The van der Waals surface area contributed by atoms with Crippen molar-refractivity contribution in [1.29, 1.82) is 0 Å². The van der Waals surface area contributed by atoms with E-state index in [0.717, 1.165) is 5.56 Å². The van der Waals surface area contributed by atoms with Crippen molar-refractivity contribution < 1.29 is 4.79 Å². The summed E-state index contributed by atoms with van der Waals surface area (Å²) in [6, 6.07) is 3.55. The zero-order chi connectivity index (χ0) is 15.7. The van der Waals surface area contributed by atoms with Crippen molar-refractivity contribution in [1.82, 2.24) is 14.5 Å². The van der Waals surface area contributed by atoms with Gasteiger partial charge in [-0.3, -0.25) is 14.2 Å². The third-order valence-electron chi connectivity index (χ3n) is 3.59. The van der Waals surface area contributed by atoms with Gasteiger partial charge in [-0.1, -0.05) is 17.8 Å². The molecular weight excluding hydrogens is 300 g/mol. The van der Waals surface area contributed by atoms with Gasteiger partial charge in [-0.05, 0) is 25.5 Å². The molecule has 0 saturated heterocycles. The molecule has 6 nitrogen and oxygen atoms in total. The van der Waals surface area contributed by atoms with Gasteiger partial charge in [-0.25, -0.2) is 9.97 Å². The van der Waals surface area contributed by atoms with Crippen molar-refractivity contribution in [2.75, 3.05) is 11.1 Å². The molecule has 1 amide bonds. The van der Waals surface area contributed by atoms with Crippen LogP contribution in [0.1, 0.15) is 23.6 Å². The van der Waals surface area contributed by atoms with Crippen LogP contribution >= 0.6 is 11.8 Å². The van der Waals surface area contributed by atoms with Crippen molar-refractivity contribution in [3.8, 4) is 0 Å². The maximum absolute atomic E-state index is 12.2. The molecule has 1 unspecified atom stereocenters. The first-order chi connectivity index (χ1) is 10.6. The van der Waals surface area contributed by atoms with Crippen LogP contribution in [0, 0.1) is 13.8 Å². The molecule has 2 aromatic heterocycles. The van der Waals surface area contributed by atoms with E-state index in [1.807, 2.05) is 19.1 Å². The Morgan fingerprint density at radius 2 is 2.23 bits per heavy atom. The van der Waals surface area contributed by atoms with Crippen LogP contribution in [0.4, 0.5) is 5.82 Å². The molecule has 22 heavy (non-hydrogen) atoms. The minimum atomic E-state index is -0.163. The Morgan fingerprint density at radius 3 is 3.00 bits per heavy atom. The molecule has 1 aliphatic heterocycles. The first-order valence-electron chi connectivity index (χ1n) is 6.98. The third-order valence-corrected chi connectivity index (χ3v) is 4.70. The first-order valence-corrected chi connectivity index (χ1v) is 7.97. The second-order valence-corrected chi connectivity index (χ2v) is 6.27. The average Bonchev–Trinajstić information content (AvgIpc) is 2.89. The van der Waals surface area contributed by atoms with Gasteiger partial charge in [0, 0.05) is 30.1 Å². The molecule has 3 rings (SSSR count). The van der Waals surface area contributed by atoms with Crippen LogP contribution in [-0.2, 0) is 4.79 Å². The second kappa shape index (κ2) is 5.92. The molecule has 7 heteroatoms. The van der Waals surface area contributed by atoms with E-state index in [0.29, 0.717) is 22.3 Å². The highest BCUT2D eigenvalue weighted by atomic mass is 32.2. The third kappa shape index (κ3) is 2.76. The number of nitrogens with one attached hydrogen (secondary N) is 1. The molecule has 0 bridgehead atoms. The number of hydrogen-bond acceptors (Lipinski definition) is 5.